The predicted molar refractivity (Wildman–Crippen MR) is 135 cm³/mol. The molecule has 0 aliphatic heterocycles. The summed E-state index contributed by atoms with van der Waals surface area (Å²) in [6.45, 7) is 8.57. The number of amidine groups is 1. The normalized spacial score (nSPS) is 12.7. The van der Waals surface area contributed by atoms with Crippen molar-refractivity contribution in [2.75, 3.05) is 12.8 Å². The van der Waals surface area contributed by atoms with E-state index in [0.717, 1.165) is 44.7 Å². The minimum Gasteiger partial charge on any atom is -0.390 e. The summed E-state index contributed by atoms with van der Waals surface area (Å²) in [7, 11) is 1.71. The van der Waals surface area contributed by atoms with Crippen LogP contribution >= 0.6 is 0 Å². The smallest absolute Gasteiger partial charge is 0.219 e. The lowest BCUT2D eigenvalue weighted by molar-refractivity contribution is 0.413. The van der Waals surface area contributed by atoms with Crippen LogP contribution in [0.15, 0.2) is 58.8 Å². The average Bonchev–Trinajstić information content (AvgIpc) is 3.17. The van der Waals surface area contributed by atoms with Crippen molar-refractivity contribution in [2.45, 2.75) is 33.2 Å². The van der Waals surface area contributed by atoms with Gasteiger partial charge in [0.25, 0.3) is 0 Å². The highest BCUT2D eigenvalue weighted by atomic mass is 15.1. The second-order valence-electron chi connectivity index (χ2n) is 8.85. The van der Waals surface area contributed by atoms with E-state index in [4.69, 9.17) is 16.5 Å². The van der Waals surface area contributed by atoms with Crippen molar-refractivity contribution in [2.24, 2.45) is 15.7 Å². The maximum Gasteiger partial charge on any atom is 0.219 e. The van der Waals surface area contributed by atoms with E-state index < -0.39 is 0 Å². The number of hydrogen-bond acceptors (Lipinski definition) is 5. The third kappa shape index (κ3) is 4.19. The first-order chi connectivity index (χ1) is 15.7. The summed E-state index contributed by atoms with van der Waals surface area (Å²) in [6, 6.07) is 12.4. The molecule has 2 aromatic heterocycles. The predicted octanol–water partition coefficient (Wildman–Crippen LogP) is 4.17. The van der Waals surface area contributed by atoms with E-state index in [1.807, 2.05) is 12.1 Å². The summed E-state index contributed by atoms with van der Waals surface area (Å²) in [5.74, 6) is 1.65. The number of aryl methyl sites for hydroxylation is 1. The topological polar surface area (TPSA) is 120 Å². The first-order valence-corrected chi connectivity index (χ1v) is 10.7. The van der Waals surface area contributed by atoms with E-state index in [0.29, 0.717) is 5.84 Å². The summed E-state index contributed by atoms with van der Waals surface area (Å²) < 4.78 is 2.25. The Morgan fingerprint density at radius 2 is 1.76 bits per heavy atom. The number of imidazole rings is 1. The number of anilines is 1. The van der Waals surface area contributed by atoms with E-state index in [2.05, 4.69) is 76.5 Å². The monoisotopic (exact) mass is 440 g/mol. The SMILES string of the molecule is CN=C(N=CN)c1ccc(C)cc1-c1nc2cc(-c3cnc(N)nc3)ccc2n1C(C)(C)C. The molecule has 168 valence electrons. The number of aliphatic imine (C=N–C) groups is 2. The van der Waals surface area contributed by atoms with E-state index in [1.165, 1.54) is 6.34 Å². The van der Waals surface area contributed by atoms with Gasteiger partial charge in [0.1, 0.15) is 5.82 Å². The van der Waals surface area contributed by atoms with Crippen molar-refractivity contribution in [3.8, 4) is 22.5 Å². The Bertz CT molecular complexity index is 1370. The van der Waals surface area contributed by atoms with Gasteiger partial charge in [0.15, 0.2) is 5.84 Å². The first kappa shape index (κ1) is 22.1. The third-order valence-corrected chi connectivity index (χ3v) is 5.40. The number of nitrogens with zero attached hydrogens (tertiary/aromatic N) is 6. The van der Waals surface area contributed by atoms with Gasteiger partial charge in [-0.1, -0.05) is 23.8 Å². The molecule has 0 amide bonds. The van der Waals surface area contributed by atoms with Gasteiger partial charge in [-0.3, -0.25) is 4.99 Å². The summed E-state index contributed by atoms with van der Waals surface area (Å²) >= 11 is 0. The van der Waals surface area contributed by atoms with E-state index in [-0.39, 0.29) is 11.5 Å². The van der Waals surface area contributed by atoms with Crippen molar-refractivity contribution < 1.29 is 0 Å². The molecule has 0 atom stereocenters. The Labute approximate surface area is 193 Å². The van der Waals surface area contributed by atoms with Crippen LogP contribution in [-0.4, -0.2) is 38.7 Å². The van der Waals surface area contributed by atoms with Gasteiger partial charge < -0.3 is 16.0 Å². The Hall–Kier alpha value is -4.07. The molecule has 0 aliphatic carbocycles. The molecule has 8 nitrogen and oxygen atoms in total. The van der Waals surface area contributed by atoms with Gasteiger partial charge in [0, 0.05) is 41.7 Å². The zero-order valence-electron chi connectivity index (χ0n) is 19.5. The Kier molecular flexibility index (Phi) is 5.68. The molecule has 0 radical (unpaired) electrons. The molecular weight excluding hydrogens is 412 g/mol. The molecule has 0 aliphatic rings. The maximum absolute atomic E-state index is 5.65. The van der Waals surface area contributed by atoms with Gasteiger partial charge in [-0.2, -0.15) is 0 Å². The number of nitrogens with two attached hydrogens (primary N) is 2. The highest BCUT2D eigenvalue weighted by molar-refractivity contribution is 6.07. The zero-order chi connectivity index (χ0) is 23.8. The largest absolute Gasteiger partial charge is 0.390 e. The van der Waals surface area contributed by atoms with Crippen molar-refractivity contribution >= 4 is 29.2 Å². The second-order valence-corrected chi connectivity index (χ2v) is 8.85. The summed E-state index contributed by atoms with van der Waals surface area (Å²) in [4.78, 5) is 22.0. The fraction of sp³-hybridized carbons (Fsp3) is 0.240. The molecule has 0 unspecified atom stereocenters. The molecule has 0 fully saturated rings. The molecular formula is C25H28N8. The molecule has 2 heterocycles. The van der Waals surface area contributed by atoms with Gasteiger partial charge in [-0.15, -0.1) is 0 Å². The molecule has 0 saturated heterocycles. The lowest BCUT2D eigenvalue weighted by Gasteiger charge is -2.25. The van der Waals surface area contributed by atoms with E-state index in [9.17, 15) is 0 Å². The number of rotatable bonds is 3. The first-order valence-electron chi connectivity index (χ1n) is 10.7. The molecule has 4 aromatic rings. The summed E-state index contributed by atoms with van der Waals surface area (Å²) in [5, 5.41) is 0. The van der Waals surface area contributed by atoms with Crippen LogP contribution in [0, 0.1) is 6.92 Å². The summed E-state index contributed by atoms with van der Waals surface area (Å²) in [5.41, 5.74) is 17.7. The molecule has 33 heavy (non-hydrogen) atoms. The van der Waals surface area contributed by atoms with Gasteiger partial charge >= 0.3 is 0 Å². The van der Waals surface area contributed by atoms with Crippen LogP contribution in [0.1, 0.15) is 31.9 Å². The molecule has 0 bridgehead atoms. The van der Waals surface area contributed by atoms with Crippen molar-refractivity contribution in [3.63, 3.8) is 0 Å². The quantitative estimate of drug-likeness (QED) is 0.366. The molecule has 2 aromatic carbocycles. The Morgan fingerprint density at radius 3 is 2.39 bits per heavy atom. The zero-order valence-corrected chi connectivity index (χ0v) is 19.5. The Balaban J connectivity index is 2.00. The van der Waals surface area contributed by atoms with Crippen molar-refractivity contribution in [1.82, 2.24) is 19.5 Å². The van der Waals surface area contributed by atoms with Gasteiger partial charge in [-0.05, 0) is 51.5 Å². The van der Waals surface area contributed by atoms with Crippen LogP contribution in [0.2, 0.25) is 0 Å². The second kappa shape index (κ2) is 8.46. The lowest BCUT2D eigenvalue weighted by Crippen LogP contribution is -2.23. The van der Waals surface area contributed by atoms with Crippen LogP contribution in [-0.2, 0) is 5.54 Å². The van der Waals surface area contributed by atoms with Gasteiger partial charge in [0.05, 0.1) is 17.4 Å². The van der Waals surface area contributed by atoms with Crippen molar-refractivity contribution in [1.29, 1.82) is 0 Å². The van der Waals surface area contributed by atoms with E-state index >= 15 is 0 Å². The maximum atomic E-state index is 5.65. The van der Waals surface area contributed by atoms with Crippen LogP contribution in [0.4, 0.5) is 5.95 Å². The number of nitrogen functional groups attached to an aromatic ring is 1. The van der Waals surface area contributed by atoms with Gasteiger partial charge in [-0.25, -0.2) is 19.9 Å². The lowest BCUT2D eigenvalue weighted by atomic mass is 10.0. The highest BCUT2D eigenvalue weighted by Gasteiger charge is 2.25. The van der Waals surface area contributed by atoms with Crippen LogP contribution in [0.5, 0.6) is 0 Å². The average molecular weight is 441 g/mol. The fourth-order valence-corrected chi connectivity index (χ4v) is 3.96. The summed E-state index contributed by atoms with van der Waals surface area (Å²) in [6.07, 6.45) is 4.71. The molecule has 4 N–H and O–H groups in total. The minimum absolute atomic E-state index is 0.225. The fourth-order valence-electron chi connectivity index (χ4n) is 3.96. The number of fused-ring (bicyclic) bond motifs is 1. The minimum atomic E-state index is -0.225. The van der Waals surface area contributed by atoms with E-state index in [1.54, 1.807) is 19.4 Å². The number of benzene rings is 2. The van der Waals surface area contributed by atoms with Crippen molar-refractivity contribution in [3.05, 3.63) is 59.9 Å². The molecule has 4 rings (SSSR count). The third-order valence-electron chi connectivity index (χ3n) is 5.40. The van der Waals surface area contributed by atoms with Crippen LogP contribution < -0.4 is 11.5 Å². The Morgan fingerprint density at radius 1 is 1.03 bits per heavy atom. The number of aromatic nitrogens is 4. The van der Waals surface area contributed by atoms with Crippen LogP contribution in [0.25, 0.3) is 33.5 Å². The molecule has 0 spiro atoms. The van der Waals surface area contributed by atoms with Crippen LogP contribution in [0.3, 0.4) is 0 Å². The standard InChI is InChI=1S/C25H28N8/c1-15-6-8-18(22(28-5)31-14-26)19(10-15)23-32-20-11-16(17-12-29-24(27)30-13-17)7-9-21(20)33(23)25(2,3)4/h6-14H,1-5H3,(H2,26,28,31)(H2,27,29,30). The highest BCUT2D eigenvalue weighted by Crippen LogP contribution is 2.35. The van der Waals surface area contributed by atoms with Gasteiger partial charge in [0.2, 0.25) is 5.95 Å². The molecule has 0 saturated carbocycles. The number of hydrogen-bond donors (Lipinski definition) is 2. The molecule has 8 heteroatoms.